The van der Waals surface area contributed by atoms with Gasteiger partial charge in [0.25, 0.3) is 5.69 Å². The molecule has 0 unspecified atom stereocenters. The summed E-state index contributed by atoms with van der Waals surface area (Å²) in [5, 5.41) is 16.7. The predicted octanol–water partition coefficient (Wildman–Crippen LogP) is 2.48. The first-order valence-corrected chi connectivity index (χ1v) is 8.75. The van der Waals surface area contributed by atoms with Gasteiger partial charge in [-0.1, -0.05) is 11.6 Å². The maximum absolute atomic E-state index is 11.9. The van der Waals surface area contributed by atoms with Crippen molar-refractivity contribution in [2.75, 3.05) is 38.0 Å². The number of halogens is 1. The lowest BCUT2D eigenvalue weighted by atomic mass is 9.86. The van der Waals surface area contributed by atoms with E-state index in [1.165, 1.54) is 12.1 Å². The van der Waals surface area contributed by atoms with Gasteiger partial charge in [-0.3, -0.25) is 15.0 Å². The highest BCUT2D eigenvalue weighted by Crippen LogP contribution is 2.29. The molecule has 1 atom stereocenters. The third kappa shape index (κ3) is 4.52. The second kappa shape index (κ2) is 7.88. The smallest absolute Gasteiger partial charge is 0.407 e. The van der Waals surface area contributed by atoms with Gasteiger partial charge in [0, 0.05) is 31.8 Å². The molecule has 0 saturated carbocycles. The summed E-state index contributed by atoms with van der Waals surface area (Å²) in [4.78, 5) is 24.4. The average Bonchev–Trinajstić information content (AvgIpc) is 2.60. The zero-order valence-electron chi connectivity index (χ0n) is 13.7. The van der Waals surface area contributed by atoms with E-state index in [0.717, 1.165) is 32.5 Å². The Morgan fingerprint density at radius 1 is 1.36 bits per heavy atom. The third-order valence-electron chi connectivity index (χ3n) is 4.73. The van der Waals surface area contributed by atoms with Crippen molar-refractivity contribution in [1.29, 1.82) is 0 Å². The lowest BCUT2D eigenvalue weighted by molar-refractivity contribution is -0.384. The number of piperidine rings is 3. The molecule has 3 fully saturated rings. The van der Waals surface area contributed by atoms with Crippen molar-refractivity contribution in [2.24, 2.45) is 5.92 Å². The van der Waals surface area contributed by atoms with Gasteiger partial charge in [-0.05, 0) is 37.9 Å². The van der Waals surface area contributed by atoms with Gasteiger partial charge >= 0.3 is 6.09 Å². The van der Waals surface area contributed by atoms with Crippen LogP contribution in [0.2, 0.25) is 5.02 Å². The molecular formula is C16H21ClN4O4. The highest BCUT2D eigenvalue weighted by Gasteiger charge is 2.36. The van der Waals surface area contributed by atoms with Gasteiger partial charge in [0.05, 0.1) is 15.6 Å². The molecule has 3 aliphatic heterocycles. The summed E-state index contributed by atoms with van der Waals surface area (Å²) in [5.74, 6) is 0.479. The van der Waals surface area contributed by atoms with E-state index in [4.69, 9.17) is 16.3 Å². The molecular weight excluding hydrogens is 348 g/mol. The molecule has 3 heterocycles. The molecule has 1 aromatic rings. The maximum atomic E-state index is 11.9. The topological polar surface area (TPSA) is 96.7 Å². The van der Waals surface area contributed by atoms with Crippen molar-refractivity contribution in [3.63, 3.8) is 0 Å². The van der Waals surface area contributed by atoms with Crippen LogP contribution in [0.15, 0.2) is 18.2 Å². The van der Waals surface area contributed by atoms with Gasteiger partial charge in [0.1, 0.15) is 6.10 Å². The monoisotopic (exact) mass is 368 g/mol. The standard InChI is InChI=1S/C16H21ClN4O4/c17-13-9-12(21(23)24)1-2-14(13)18-5-6-19-16(22)25-15-10-20-7-3-11(15)4-8-20/h1-2,9,11,15,18H,3-8,10H2,(H,19,22)/t15-/m0/s1. The molecule has 136 valence electrons. The predicted molar refractivity (Wildman–Crippen MR) is 94.0 cm³/mol. The SMILES string of the molecule is O=C(NCCNc1ccc([N+](=O)[O-])cc1Cl)O[C@H]1CN2CCC1CC2. The summed E-state index contributed by atoms with van der Waals surface area (Å²) < 4.78 is 5.52. The van der Waals surface area contributed by atoms with Crippen LogP contribution in [0.1, 0.15) is 12.8 Å². The number of carbonyl (C=O) groups is 1. The number of rotatable bonds is 6. The highest BCUT2D eigenvalue weighted by molar-refractivity contribution is 6.33. The molecule has 2 N–H and O–H groups in total. The number of amides is 1. The maximum Gasteiger partial charge on any atom is 0.407 e. The average molecular weight is 369 g/mol. The minimum absolute atomic E-state index is 0.0143. The Morgan fingerprint density at radius 2 is 2.12 bits per heavy atom. The van der Waals surface area contributed by atoms with Crippen LogP contribution in [0, 0.1) is 16.0 Å². The first-order valence-electron chi connectivity index (χ1n) is 8.37. The molecule has 0 spiro atoms. The highest BCUT2D eigenvalue weighted by atomic mass is 35.5. The second-order valence-corrected chi connectivity index (χ2v) is 6.76. The number of hydrogen-bond donors (Lipinski definition) is 2. The quantitative estimate of drug-likeness (QED) is 0.455. The number of carbonyl (C=O) groups excluding carboxylic acids is 1. The van der Waals surface area contributed by atoms with Crippen LogP contribution in [-0.2, 0) is 4.74 Å². The number of anilines is 1. The van der Waals surface area contributed by atoms with E-state index in [2.05, 4.69) is 15.5 Å². The van der Waals surface area contributed by atoms with E-state index in [1.807, 2.05) is 0 Å². The van der Waals surface area contributed by atoms with Gasteiger partial charge < -0.3 is 15.4 Å². The van der Waals surface area contributed by atoms with Crippen molar-refractivity contribution in [3.05, 3.63) is 33.3 Å². The first-order chi connectivity index (χ1) is 12.0. The minimum atomic E-state index is -0.498. The Morgan fingerprint density at radius 3 is 2.72 bits per heavy atom. The number of fused-ring (bicyclic) bond motifs is 3. The number of ether oxygens (including phenoxy) is 1. The van der Waals surface area contributed by atoms with E-state index >= 15 is 0 Å². The first kappa shape index (κ1) is 17.8. The van der Waals surface area contributed by atoms with E-state index in [9.17, 15) is 14.9 Å². The molecule has 2 bridgehead atoms. The van der Waals surface area contributed by atoms with Crippen LogP contribution in [0.3, 0.4) is 0 Å². The Bertz CT molecular complexity index is 649. The zero-order chi connectivity index (χ0) is 17.8. The lowest BCUT2D eigenvalue weighted by Crippen LogP contribution is -2.52. The van der Waals surface area contributed by atoms with Crippen molar-refractivity contribution in [3.8, 4) is 0 Å². The second-order valence-electron chi connectivity index (χ2n) is 6.36. The number of hydrogen-bond acceptors (Lipinski definition) is 6. The van der Waals surface area contributed by atoms with Crippen molar-refractivity contribution < 1.29 is 14.5 Å². The largest absolute Gasteiger partial charge is 0.445 e. The number of non-ortho nitro benzene ring substituents is 1. The Hall–Kier alpha value is -2.06. The van der Waals surface area contributed by atoms with Crippen molar-refractivity contribution in [2.45, 2.75) is 18.9 Å². The van der Waals surface area contributed by atoms with Crippen LogP contribution in [-0.4, -0.2) is 54.7 Å². The summed E-state index contributed by atoms with van der Waals surface area (Å²) >= 11 is 6.00. The molecule has 3 saturated heterocycles. The Labute approximate surface area is 150 Å². The molecule has 1 aromatic carbocycles. The lowest BCUT2D eigenvalue weighted by Gasteiger charge is -2.43. The van der Waals surface area contributed by atoms with Gasteiger partial charge in [-0.25, -0.2) is 4.79 Å². The summed E-state index contributed by atoms with van der Waals surface area (Å²) in [6, 6.07) is 4.22. The fourth-order valence-corrected chi connectivity index (χ4v) is 3.59. The van der Waals surface area contributed by atoms with Crippen molar-refractivity contribution in [1.82, 2.24) is 10.2 Å². The van der Waals surface area contributed by atoms with E-state index < -0.39 is 11.0 Å². The fourth-order valence-electron chi connectivity index (χ4n) is 3.35. The molecule has 8 nitrogen and oxygen atoms in total. The number of benzene rings is 1. The molecule has 0 aliphatic carbocycles. The molecule has 9 heteroatoms. The fraction of sp³-hybridized carbons (Fsp3) is 0.562. The van der Waals surface area contributed by atoms with Gasteiger partial charge in [-0.2, -0.15) is 0 Å². The number of nitrogens with zero attached hydrogens (tertiary/aromatic N) is 2. The van der Waals surface area contributed by atoms with Crippen LogP contribution in [0.4, 0.5) is 16.2 Å². The molecule has 0 radical (unpaired) electrons. The molecule has 4 rings (SSSR count). The summed E-state index contributed by atoms with van der Waals surface area (Å²) in [7, 11) is 0. The molecule has 3 aliphatic rings. The molecule has 25 heavy (non-hydrogen) atoms. The van der Waals surface area contributed by atoms with Crippen LogP contribution < -0.4 is 10.6 Å². The number of alkyl carbamates (subject to hydrolysis) is 1. The van der Waals surface area contributed by atoms with E-state index in [1.54, 1.807) is 6.07 Å². The minimum Gasteiger partial charge on any atom is -0.445 e. The molecule has 0 aromatic heterocycles. The molecule has 1 amide bonds. The van der Waals surface area contributed by atoms with Gasteiger partial charge in [0.2, 0.25) is 0 Å². The van der Waals surface area contributed by atoms with E-state index in [-0.39, 0.29) is 16.8 Å². The van der Waals surface area contributed by atoms with Gasteiger partial charge in [-0.15, -0.1) is 0 Å². The van der Waals surface area contributed by atoms with Gasteiger partial charge in [0.15, 0.2) is 0 Å². The normalized spacial score (nSPS) is 24.6. The number of nitro benzene ring substituents is 1. The zero-order valence-corrected chi connectivity index (χ0v) is 14.5. The van der Waals surface area contributed by atoms with E-state index in [0.29, 0.717) is 24.7 Å². The number of nitrogens with one attached hydrogen (secondary N) is 2. The van der Waals surface area contributed by atoms with Crippen LogP contribution >= 0.6 is 11.6 Å². The third-order valence-corrected chi connectivity index (χ3v) is 5.04. The van der Waals surface area contributed by atoms with Crippen molar-refractivity contribution >= 4 is 29.1 Å². The summed E-state index contributed by atoms with van der Waals surface area (Å²) in [6.45, 7) is 3.84. The summed E-state index contributed by atoms with van der Waals surface area (Å²) in [6.07, 6.45) is 1.77. The Balaban J connectivity index is 1.38. The number of nitro groups is 1. The van der Waals surface area contributed by atoms with Crippen LogP contribution in [0.5, 0.6) is 0 Å². The summed E-state index contributed by atoms with van der Waals surface area (Å²) in [5.41, 5.74) is 0.523. The van der Waals surface area contributed by atoms with Crippen LogP contribution in [0.25, 0.3) is 0 Å². The Kier molecular flexibility index (Phi) is 5.60.